The van der Waals surface area contributed by atoms with Gasteiger partial charge in [0, 0.05) is 11.8 Å². The number of benzene rings is 7. The molecular formula is C40H30N4. The third kappa shape index (κ3) is 5.34. The van der Waals surface area contributed by atoms with E-state index in [9.17, 15) is 5.26 Å². The van der Waals surface area contributed by atoms with Gasteiger partial charge in [-0.1, -0.05) is 121 Å². The first-order valence-corrected chi connectivity index (χ1v) is 14.7. The van der Waals surface area contributed by atoms with Gasteiger partial charge in [0.25, 0.3) is 0 Å². The Morgan fingerprint density at radius 1 is 0.591 bits per heavy atom. The van der Waals surface area contributed by atoms with Crippen LogP contribution in [0.25, 0.3) is 43.4 Å². The number of fused-ring (bicyclic) bond motifs is 4. The summed E-state index contributed by atoms with van der Waals surface area (Å²) in [6.07, 6.45) is 1.16. The molecule has 0 saturated heterocycles. The van der Waals surface area contributed by atoms with Crippen LogP contribution in [0.5, 0.6) is 0 Å². The summed E-state index contributed by atoms with van der Waals surface area (Å²) in [6, 6.07) is 51.9. The van der Waals surface area contributed by atoms with Crippen molar-refractivity contribution >= 4 is 38.5 Å². The predicted molar refractivity (Wildman–Crippen MR) is 182 cm³/mol. The second-order valence-electron chi connectivity index (χ2n) is 10.9. The summed E-state index contributed by atoms with van der Waals surface area (Å²) < 4.78 is 0. The van der Waals surface area contributed by atoms with Crippen LogP contribution in [0.4, 0.5) is 0 Å². The van der Waals surface area contributed by atoms with Gasteiger partial charge in [0.1, 0.15) is 6.17 Å². The van der Waals surface area contributed by atoms with Crippen LogP contribution < -0.4 is 11.1 Å². The van der Waals surface area contributed by atoms with Crippen molar-refractivity contribution in [2.24, 2.45) is 10.7 Å². The lowest BCUT2D eigenvalue weighted by Crippen LogP contribution is -2.31. The second kappa shape index (κ2) is 11.9. The molecule has 44 heavy (non-hydrogen) atoms. The summed E-state index contributed by atoms with van der Waals surface area (Å²) in [5.74, 6) is 0. The average molecular weight is 567 g/mol. The molecule has 4 nitrogen and oxygen atoms in total. The van der Waals surface area contributed by atoms with Crippen LogP contribution in [0.3, 0.4) is 0 Å². The predicted octanol–water partition coefficient (Wildman–Crippen LogP) is 9.05. The van der Waals surface area contributed by atoms with E-state index in [1.807, 2.05) is 66.9 Å². The van der Waals surface area contributed by atoms with Gasteiger partial charge >= 0.3 is 0 Å². The van der Waals surface area contributed by atoms with Gasteiger partial charge in [0.05, 0.1) is 17.8 Å². The Bertz CT molecular complexity index is 2180. The normalized spacial score (nSPS) is 12.9. The molecule has 210 valence electrons. The molecule has 0 aliphatic rings. The van der Waals surface area contributed by atoms with E-state index in [0.717, 1.165) is 38.6 Å². The molecule has 0 aromatic heterocycles. The molecule has 0 saturated carbocycles. The summed E-state index contributed by atoms with van der Waals surface area (Å²) >= 11 is 0. The molecule has 4 heteroatoms. The van der Waals surface area contributed by atoms with Crippen LogP contribution in [0, 0.1) is 11.3 Å². The molecule has 7 aromatic carbocycles. The zero-order valence-electron chi connectivity index (χ0n) is 24.1. The van der Waals surface area contributed by atoms with Gasteiger partial charge < -0.3 is 5.73 Å². The molecule has 7 aromatic rings. The monoisotopic (exact) mass is 566 g/mol. The van der Waals surface area contributed by atoms with Gasteiger partial charge in [0.2, 0.25) is 0 Å². The zero-order chi connectivity index (χ0) is 29.9. The third-order valence-corrected chi connectivity index (χ3v) is 8.21. The lowest BCUT2D eigenvalue weighted by molar-refractivity contribution is 0.467. The summed E-state index contributed by atoms with van der Waals surface area (Å²) in [5.41, 5.74) is 12.5. The minimum Gasteiger partial charge on any atom is -0.312 e. The minimum absolute atomic E-state index is 0.419. The molecule has 2 atom stereocenters. The Morgan fingerprint density at radius 3 is 2.09 bits per heavy atom. The summed E-state index contributed by atoms with van der Waals surface area (Å²) in [4.78, 5) is 5.21. The van der Waals surface area contributed by atoms with Crippen molar-refractivity contribution in [1.29, 1.82) is 5.26 Å². The van der Waals surface area contributed by atoms with E-state index in [1.54, 1.807) is 0 Å². The van der Waals surface area contributed by atoms with Crippen molar-refractivity contribution < 1.29 is 0 Å². The Morgan fingerprint density at radius 2 is 1.30 bits per heavy atom. The molecule has 3 N–H and O–H groups in total. The first-order valence-electron chi connectivity index (χ1n) is 14.7. The zero-order valence-corrected chi connectivity index (χ0v) is 24.1. The van der Waals surface area contributed by atoms with Gasteiger partial charge in [-0.15, -0.1) is 0 Å². The van der Waals surface area contributed by atoms with E-state index in [-0.39, 0.29) is 0 Å². The maximum atomic E-state index is 9.25. The van der Waals surface area contributed by atoms with Crippen molar-refractivity contribution in [3.8, 4) is 17.2 Å². The number of hydrogen-bond donors (Lipinski definition) is 2. The lowest BCUT2D eigenvalue weighted by atomic mass is 9.94. The topological polar surface area (TPSA) is 74.2 Å². The molecule has 7 rings (SSSR count). The Kier molecular flexibility index (Phi) is 7.40. The van der Waals surface area contributed by atoms with E-state index < -0.39 is 12.3 Å². The number of nitriles is 1. The molecule has 0 amide bonds. The number of rotatable bonds is 7. The van der Waals surface area contributed by atoms with E-state index in [1.165, 1.54) is 21.5 Å². The molecule has 0 radical (unpaired) electrons. The van der Waals surface area contributed by atoms with Crippen LogP contribution >= 0.6 is 0 Å². The van der Waals surface area contributed by atoms with Crippen LogP contribution in [-0.2, 0) is 0 Å². The second-order valence-corrected chi connectivity index (χ2v) is 10.9. The van der Waals surface area contributed by atoms with Crippen molar-refractivity contribution in [3.05, 3.63) is 168 Å². The molecule has 0 aliphatic heterocycles. The molecule has 0 spiro atoms. The highest BCUT2D eigenvalue weighted by molar-refractivity contribution is 6.20. The van der Waals surface area contributed by atoms with Crippen LogP contribution in [-0.4, -0.2) is 6.21 Å². The van der Waals surface area contributed by atoms with Crippen molar-refractivity contribution in [1.82, 2.24) is 5.32 Å². The van der Waals surface area contributed by atoms with Crippen LogP contribution in [0.2, 0.25) is 0 Å². The van der Waals surface area contributed by atoms with Crippen molar-refractivity contribution in [2.75, 3.05) is 0 Å². The number of aliphatic imine (C=N–C) groups is 1. The summed E-state index contributed by atoms with van der Waals surface area (Å²) in [7, 11) is 0. The quantitative estimate of drug-likeness (QED) is 0.0875. The summed E-state index contributed by atoms with van der Waals surface area (Å²) in [5, 5.41) is 19.9. The van der Waals surface area contributed by atoms with Gasteiger partial charge in [-0.3, -0.25) is 10.3 Å². The number of nitrogens with zero attached hydrogens (tertiary/aromatic N) is 2. The molecular weight excluding hydrogens is 536 g/mol. The first kappa shape index (κ1) is 27.2. The fourth-order valence-corrected chi connectivity index (χ4v) is 5.92. The molecule has 0 aliphatic carbocycles. The van der Waals surface area contributed by atoms with Gasteiger partial charge in [-0.2, -0.15) is 5.26 Å². The SMILES string of the molecule is N#Cc1ccc(-c2cccc(C(/N=C/c3c4ccccc4cc4c3ccc3ccccc34)NC(N)c3ccccc3)c2)cc1. The largest absolute Gasteiger partial charge is 0.312 e. The molecule has 2 unspecified atom stereocenters. The highest BCUT2D eigenvalue weighted by Gasteiger charge is 2.16. The molecule has 0 bridgehead atoms. The van der Waals surface area contributed by atoms with Crippen LogP contribution in [0.1, 0.15) is 34.6 Å². The molecule has 0 fully saturated rings. The fourth-order valence-electron chi connectivity index (χ4n) is 5.92. The average Bonchev–Trinajstić information content (AvgIpc) is 3.09. The number of hydrogen-bond acceptors (Lipinski definition) is 4. The van der Waals surface area contributed by atoms with Crippen molar-refractivity contribution in [3.63, 3.8) is 0 Å². The maximum Gasteiger partial charge on any atom is 0.127 e. The first-order chi connectivity index (χ1) is 21.7. The van der Waals surface area contributed by atoms with E-state index >= 15 is 0 Å². The lowest BCUT2D eigenvalue weighted by Gasteiger charge is -2.22. The standard InChI is InChI=1S/C40H30N4/c41-25-27-17-19-28(20-18-27)31-13-8-14-33(23-31)40(44-39(42)30-10-2-1-3-11-30)43-26-38-35-16-7-5-12-32(35)24-37-34-15-6-4-9-29(34)21-22-36(37)38/h1-24,26,39-40,44H,42H2/b43-26+. The van der Waals surface area contributed by atoms with Crippen LogP contribution in [0.15, 0.2) is 151 Å². The maximum absolute atomic E-state index is 9.25. The highest BCUT2D eigenvalue weighted by atomic mass is 15.1. The Labute approximate surface area is 256 Å². The van der Waals surface area contributed by atoms with Gasteiger partial charge in [0.15, 0.2) is 0 Å². The van der Waals surface area contributed by atoms with E-state index in [4.69, 9.17) is 10.7 Å². The Hall–Kier alpha value is -5.60. The summed E-state index contributed by atoms with van der Waals surface area (Å²) in [6.45, 7) is 0. The third-order valence-electron chi connectivity index (χ3n) is 8.21. The minimum atomic E-state index is -0.426. The van der Waals surface area contributed by atoms with Gasteiger partial charge in [-0.05, 0) is 78.8 Å². The number of nitrogens with one attached hydrogen (secondary N) is 1. The fraction of sp³-hybridized carbons (Fsp3) is 0.0500. The van der Waals surface area contributed by atoms with E-state index in [0.29, 0.717) is 5.56 Å². The van der Waals surface area contributed by atoms with Gasteiger partial charge in [-0.25, -0.2) is 0 Å². The van der Waals surface area contributed by atoms with E-state index in [2.05, 4.69) is 96.3 Å². The highest BCUT2D eigenvalue weighted by Crippen LogP contribution is 2.33. The molecule has 0 heterocycles. The number of nitrogens with two attached hydrogens (primary N) is 1. The smallest absolute Gasteiger partial charge is 0.127 e. The van der Waals surface area contributed by atoms with Crippen molar-refractivity contribution in [2.45, 2.75) is 12.3 Å². The Balaban J connectivity index is 1.36.